The molecule has 0 heterocycles. The molecule has 9 heavy (non-hydrogen) atoms. The standard InChI is InChI=1S/C8H15N/c1-3-4-5-6-7-8-9-2/h4-5,8H,3,6-7H2,1-2H3/b5-4+,9-8+. The molecule has 1 nitrogen and oxygen atoms in total. The molecule has 0 atom stereocenters. The predicted octanol–water partition coefficient (Wildman–Crippen LogP) is 2.43. The molecule has 52 valence electrons. The molecular weight excluding hydrogens is 110 g/mol. The van der Waals surface area contributed by atoms with E-state index in [9.17, 15) is 0 Å². The largest absolute Gasteiger partial charge is 0.301 e. The van der Waals surface area contributed by atoms with Gasteiger partial charge >= 0.3 is 0 Å². The van der Waals surface area contributed by atoms with E-state index >= 15 is 0 Å². The molecule has 0 bridgehead atoms. The minimum Gasteiger partial charge on any atom is -0.301 e. The van der Waals surface area contributed by atoms with Gasteiger partial charge in [-0.15, -0.1) is 0 Å². The molecule has 0 aliphatic rings. The average molecular weight is 125 g/mol. The van der Waals surface area contributed by atoms with E-state index < -0.39 is 0 Å². The van der Waals surface area contributed by atoms with Gasteiger partial charge < -0.3 is 4.99 Å². The zero-order chi connectivity index (χ0) is 6.95. The first-order valence-corrected chi connectivity index (χ1v) is 3.47. The first-order valence-electron chi connectivity index (χ1n) is 3.47. The summed E-state index contributed by atoms with van der Waals surface area (Å²) in [6, 6.07) is 0. The molecule has 0 amide bonds. The summed E-state index contributed by atoms with van der Waals surface area (Å²) >= 11 is 0. The molecule has 0 aromatic carbocycles. The highest BCUT2D eigenvalue weighted by atomic mass is 14.6. The van der Waals surface area contributed by atoms with Gasteiger partial charge in [-0.1, -0.05) is 19.1 Å². The lowest BCUT2D eigenvalue weighted by Gasteiger charge is -1.82. The third-order valence-corrected chi connectivity index (χ3v) is 1.05. The van der Waals surface area contributed by atoms with Gasteiger partial charge in [0.05, 0.1) is 0 Å². The van der Waals surface area contributed by atoms with Gasteiger partial charge in [0.15, 0.2) is 0 Å². The Morgan fingerprint density at radius 3 is 2.56 bits per heavy atom. The minimum atomic E-state index is 1.08. The van der Waals surface area contributed by atoms with Gasteiger partial charge in [-0.2, -0.15) is 0 Å². The number of unbranched alkanes of at least 4 members (excludes halogenated alkanes) is 1. The summed E-state index contributed by atoms with van der Waals surface area (Å²) in [5, 5.41) is 0. The molecule has 0 saturated heterocycles. The van der Waals surface area contributed by atoms with Crippen molar-refractivity contribution in [1.29, 1.82) is 0 Å². The van der Waals surface area contributed by atoms with Crippen LogP contribution in [0.1, 0.15) is 26.2 Å². The van der Waals surface area contributed by atoms with Crippen LogP contribution in [0.3, 0.4) is 0 Å². The van der Waals surface area contributed by atoms with Crippen LogP contribution in [0.15, 0.2) is 17.1 Å². The fourth-order valence-electron chi connectivity index (χ4n) is 0.584. The topological polar surface area (TPSA) is 12.4 Å². The number of allylic oxidation sites excluding steroid dienone is 2. The van der Waals surface area contributed by atoms with Gasteiger partial charge in [0, 0.05) is 7.05 Å². The summed E-state index contributed by atoms with van der Waals surface area (Å²) in [5.41, 5.74) is 0. The number of nitrogens with zero attached hydrogens (tertiary/aromatic N) is 1. The fraction of sp³-hybridized carbons (Fsp3) is 0.625. The van der Waals surface area contributed by atoms with Crippen molar-refractivity contribution in [2.75, 3.05) is 7.05 Å². The van der Waals surface area contributed by atoms with Crippen molar-refractivity contribution in [3.63, 3.8) is 0 Å². The van der Waals surface area contributed by atoms with E-state index in [2.05, 4.69) is 24.1 Å². The number of hydrogen-bond acceptors (Lipinski definition) is 1. The Balaban J connectivity index is 2.99. The molecule has 0 aliphatic carbocycles. The minimum absolute atomic E-state index is 1.08. The van der Waals surface area contributed by atoms with E-state index in [1.54, 1.807) is 0 Å². The predicted molar refractivity (Wildman–Crippen MR) is 43.1 cm³/mol. The van der Waals surface area contributed by atoms with Crippen LogP contribution in [-0.2, 0) is 0 Å². The molecular formula is C8H15N. The van der Waals surface area contributed by atoms with Crippen LogP contribution < -0.4 is 0 Å². The van der Waals surface area contributed by atoms with Gasteiger partial charge in [-0.05, 0) is 25.5 Å². The van der Waals surface area contributed by atoms with E-state index in [0.717, 1.165) is 19.3 Å². The maximum absolute atomic E-state index is 3.87. The van der Waals surface area contributed by atoms with Crippen LogP contribution in [0.25, 0.3) is 0 Å². The summed E-state index contributed by atoms with van der Waals surface area (Å²) in [5.74, 6) is 0. The number of rotatable bonds is 4. The molecule has 0 rings (SSSR count). The monoisotopic (exact) mass is 125 g/mol. The van der Waals surface area contributed by atoms with Crippen molar-refractivity contribution in [3.05, 3.63) is 12.2 Å². The summed E-state index contributed by atoms with van der Waals surface area (Å²) in [6.45, 7) is 2.14. The molecule has 0 aromatic heterocycles. The van der Waals surface area contributed by atoms with E-state index in [1.807, 2.05) is 13.3 Å². The Morgan fingerprint density at radius 1 is 1.22 bits per heavy atom. The third kappa shape index (κ3) is 7.41. The van der Waals surface area contributed by atoms with E-state index in [4.69, 9.17) is 0 Å². The molecule has 0 aromatic rings. The van der Waals surface area contributed by atoms with Crippen molar-refractivity contribution in [1.82, 2.24) is 0 Å². The Bertz CT molecular complexity index is 92.7. The molecule has 0 unspecified atom stereocenters. The highest BCUT2D eigenvalue weighted by Crippen LogP contribution is 1.88. The van der Waals surface area contributed by atoms with Gasteiger partial charge in [-0.3, -0.25) is 0 Å². The lowest BCUT2D eigenvalue weighted by atomic mass is 10.3. The Labute approximate surface area is 57.5 Å². The first-order chi connectivity index (χ1) is 4.41. The lowest BCUT2D eigenvalue weighted by Crippen LogP contribution is -1.71. The van der Waals surface area contributed by atoms with Crippen LogP contribution in [-0.4, -0.2) is 13.3 Å². The normalized spacial score (nSPS) is 11.8. The van der Waals surface area contributed by atoms with E-state index in [-0.39, 0.29) is 0 Å². The van der Waals surface area contributed by atoms with Crippen LogP contribution in [0, 0.1) is 0 Å². The molecule has 0 saturated carbocycles. The zero-order valence-electron chi connectivity index (χ0n) is 6.30. The quantitative estimate of drug-likeness (QED) is 0.311. The SMILES string of the molecule is CC/C=C/CC/C=N/C. The van der Waals surface area contributed by atoms with Crippen molar-refractivity contribution in [2.24, 2.45) is 4.99 Å². The Kier molecular flexibility index (Phi) is 6.92. The molecule has 0 fully saturated rings. The molecule has 0 spiro atoms. The second kappa shape index (κ2) is 7.41. The van der Waals surface area contributed by atoms with Crippen LogP contribution in [0.4, 0.5) is 0 Å². The van der Waals surface area contributed by atoms with E-state index in [0.29, 0.717) is 0 Å². The van der Waals surface area contributed by atoms with Crippen molar-refractivity contribution in [3.8, 4) is 0 Å². The van der Waals surface area contributed by atoms with Crippen molar-refractivity contribution in [2.45, 2.75) is 26.2 Å². The Hall–Kier alpha value is -0.590. The third-order valence-electron chi connectivity index (χ3n) is 1.05. The van der Waals surface area contributed by atoms with Crippen LogP contribution in [0.2, 0.25) is 0 Å². The highest BCUT2D eigenvalue weighted by Gasteiger charge is 1.73. The van der Waals surface area contributed by atoms with Crippen LogP contribution in [0.5, 0.6) is 0 Å². The smallest absolute Gasteiger partial charge is 0.0273 e. The van der Waals surface area contributed by atoms with Gasteiger partial charge in [0.25, 0.3) is 0 Å². The Morgan fingerprint density at radius 2 is 2.00 bits per heavy atom. The second-order valence-electron chi connectivity index (χ2n) is 1.90. The summed E-state index contributed by atoms with van der Waals surface area (Å²) < 4.78 is 0. The number of hydrogen-bond donors (Lipinski definition) is 0. The maximum atomic E-state index is 3.87. The first kappa shape index (κ1) is 8.41. The summed E-state index contributed by atoms with van der Waals surface area (Å²) in [7, 11) is 1.81. The summed E-state index contributed by atoms with van der Waals surface area (Å²) in [4.78, 5) is 3.87. The van der Waals surface area contributed by atoms with E-state index in [1.165, 1.54) is 0 Å². The van der Waals surface area contributed by atoms with Gasteiger partial charge in [-0.25, -0.2) is 0 Å². The average Bonchev–Trinajstić information content (AvgIpc) is 1.89. The van der Waals surface area contributed by atoms with Crippen molar-refractivity contribution < 1.29 is 0 Å². The molecule has 1 heteroatoms. The van der Waals surface area contributed by atoms with Crippen LogP contribution >= 0.6 is 0 Å². The maximum Gasteiger partial charge on any atom is 0.0273 e. The lowest BCUT2D eigenvalue weighted by molar-refractivity contribution is 1.09. The molecule has 0 radical (unpaired) electrons. The molecule has 0 N–H and O–H groups in total. The zero-order valence-corrected chi connectivity index (χ0v) is 6.30. The second-order valence-corrected chi connectivity index (χ2v) is 1.90. The highest BCUT2D eigenvalue weighted by molar-refractivity contribution is 5.56. The summed E-state index contributed by atoms with van der Waals surface area (Å²) in [6.07, 6.45) is 9.67. The van der Waals surface area contributed by atoms with Gasteiger partial charge in [0.1, 0.15) is 0 Å². The van der Waals surface area contributed by atoms with Gasteiger partial charge in [0.2, 0.25) is 0 Å². The number of aliphatic imine (C=N–C) groups is 1. The molecule has 0 aliphatic heterocycles. The fourth-order valence-corrected chi connectivity index (χ4v) is 0.584. The van der Waals surface area contributed by atoms with Crippen molar-refractivity contribution >= 4 is 6.21 Å².